The number of rotatable bonds is 5. The fourth-order valence-corrected chi connectivity index (χ4v) is 4.21. The minimum absolute atomic E-state index is 0.0146. The lowest BCUT2D eigenvalue weighted by atomic mass is 9.83. The molecule has 2 amide bonds. The van der Waals surface area contributed by atoms with Crippen molar-refractivity contribution in [2.45, 2.75) is 51.5 Å². The highest BCUT2D eigenvalue weighted by Crippen LogP contribution is 2.31. The number of nitrogens with one attached hydrogen (secondary N) is 1. The minimum Gasteiger partial charge on any atom is -0.342 e. The fraction of sp³-hybridized carbons (Fsp3) is 0.684. The molecule has 0 saturated carbocycles. The summed E-state index contributed by atoms with van der Waals surface area (Å²) in [4.78, 5) is 54.9. The zero-order valence-electron chi connectivity index (χ0n) is 16.1. The van der Waals surface area contributed by atoms with Crippen molar-refractivity contribution < 1.29 is 9.59 Å². The van der Waals surface area contributed by atoms with Gasteiger partial charge in [-0.25, -0.2) is 4.79 Å². The zero-order chi connectivity index (χ0) is 19.6. The van der Waals surface area contributed by atoms with E-state index in [0.717, 1.165) is 36.8 Å². The first-order valence-electron chi connectivity index (χ1n) is 9.77. The molecule has 0 aliphatic carbocycles. The molecule has 2 aliphatic rings. The third-order valence-electron chi connectivity index (χ3n) is 5.84. The summed E-state index contributed by atoms with van der Waals surface area (Å²) < 4.78 is 0.979. The maximum Gasteiger partial charge on any atom is 0.328 e. The number of H-pyrrole nitrogens is 1. The highest BCUT2D eigenvalue weighted by atomic mass is 16.2. The number of likely N-dealkylation sites (tertiary alicyclic amines) is 2. The van der Waals surface area contributed by atoms with Gasteiger partial charge in [-0.3, -0.25) is 19.0 Å². The quantitative estimate of drug-likeness (QED) is 0.797. The molecule has 148 valence electrons. The predicted molar refractivity (Wildman–Crippen MR) is 100 cm³/mol. The molecule has 1 aromatic heterocycles. The van der Waals surface area contributed by atoms with Gasteiger partial charge in [-0.05, 0) is 25.2 Å². The average molecular weight is 376 g/mol. The van der Waals surface area contributed by atoms with Crippen molar-refractivity contribution in [2.75, 3.05) is 19.6 Å². The molecule has 0 spiro atoms. The van der Waals surface area contributed by atoms with Gasteiger partial charge in [0.15, 0.2) is 0 Å². The number of carbonyl (C=O) groups excluding carboxylic acids is 2. The Balaban J connectivity index is 1.66. The minimum atomic E-state index is -0.490. The Labute approximate surface area is 158 Å². The summed E-state index contributed by atoms with van der Waals surface area (Å²) in [6.45, 7) is 4.15. The van der Waals surface area contributed by atoms with Crippen LogP contribution >= 0.6 is 0 Å². The number of unbranched alkanes of at least 4 members (excludes halogenated alkanes) is 1. The van der Waals surface area contributed by atoms with Gasteiger partial charge in [0.05, 0.1) is 6.42 Å². The van der Waals surface area contributed by atoms with Gasteiger partial charge in [0, 0.05) is 50.9 Å². The van der Waals surface area contributed by atoms with Gasteiger partial charge in [0.25, 0.3) is 5.56 Å². The lowest BCUT2D eigenvalue weighted by molar-refractivity contribution is -0.144. The number of nitrogens with zero attached hydrogens (tertiary/aromatic N) is 3. The Hall–Kier alpha value is -2.38. The van der Waals surface area contributed by atoms with Crippen LogP contribution in [0.2, 0.25) is 0 Å². The van der Waals surface area contributed by atoms with Crippen molar-refractivity contribution >= 4 is 11.8 Å². The van der Waals surface area contributed by atoms with Gasteiger partial charge >= 0.3 is 5.69 Å². The summed E-state index contributed by atoms with van der Waals surface area (Å²) in [6, 6.07) is 0.225. The summed E-state index contributed by atoms with van der Waals surface area (Å²) in [7, 11) is 1.39. The molecular weight excluding hydrogens is 348 g/mol. The van der Waals surface area contributed by atoms with Crippen molar-refractivity contribution in [1.82, 2.24) is 19.4 Å². The van der Waals surface area contributed by atoms with Crippen LogP contribution in [0.1, 0.15) is 44.6 Å². The van der Waals surface area contributed by atoms with E-state index < -0.39 is 11.2 Å². The first-order chi connectivity index (χ1) is 12.9. The summed E-state index contributed by atoms with van der Waals surface area (Å²) in [5, 5.41) is 0. The van der Waals surface area contributed by atoms with Gasteiger partial charge in [-0.15, -0.1) is 0 Å². The van der Waals surface area contributed by atoms with Crippen LogP contribution in [0.15, 0.2) is 15.8 Å². The summed E-state index contributed by atoms with van der Waals surface area (Å²) in [5.41, 5.74) is -0.625. The van der Waals surface area contributed by atoms with E-state index in [1.54, 1.807) is 4.90 Å². The third kappa shape index (κ3) is 3.99. The van der Waals surface area contributed by atoms with Crippen LogP contribution in [0.5, 0.6) is 0 Å². The molecule has 3 heterocycles. The molecule has 1 N–H and O–H groups in total. The number of fused-ring (bicyclic) bond motifs is 1. The second kappa shape index (κ2) is 8.10. The maximum absolute atomic E-state index is 12.7. The molecule has 2 atom stereocenters. The van der Waals surface area contributed by atoms with Gasteiger partial charge in [-0.1, -0.05) is 13.3 Å². The number of hydrogen-bond donors (Lipinski definition) is 1. The van der Waals surface area contributed by atoms with E-state index in [2.05, 4.69) is 11.9 Å². The Bertz CT molecular complexity index is 828. The second-order valence-electron chi connectivity index (χ2n) is 7.60. The number of aromatic amines is 1. The Morgan fingerprint density at radius 3 is 2.78 bits per heavy atom. The molecule has 0 bridgehead atoms. The highest BCUT2D eigenvalue weighted by molar-refractivity contribution is 5.79. The van der Waals surface area contributed by atoms with Crippen LogP contribution in [-0.2, 0) is 23.1 Å². The zero-order valence-corrected chi connectivity index (χ0v) is 16.1. The normalized spacial score (nSPS) is 22.7. The number of aromatic nitrogens is 2. The van der Waals surface area contributed by atoms with E-state index in [1.165, 1.54) is 13.2 Å². The Morgan fingerprint density at radius 1 is 1.26 bits per heavy atom. The van der Waals surface area contributed by atoms with Crippen LogP contribution in [0.25, 0.3) is 0 Å². The molecule has 8 nitrogen and oxygen atoms in total. The molecule has 2 saturated heterocycles. The van der Waals surface area contributed by atoms with Gasteiger partial charge in [0.1, 0.15) is 0 Å². The molecule has 27 heavy (non-hydrogen) atoms. The van der Waals surface area contributed by atoms with Gasteiger partial charge < -0.3 is 14.8 Å². The maximum atomic E-state index is 12.7. The van der Waals surface area contributed by atoms with E-state index in [0.29, 0.717) is 31.0 Å². The molecule has 1 aromatic rings. The van der Waals surface area contributed by atoms with Crippen molar-refractivity contribution in [2.24, 2.45) is 13.0 Å². The summed E-state index contributed by atoms with van der Waals surface area (Å²) >= 11 is 0. The van der Waals surface area contributed by atoms with Crippen LogP contribution in [0, 0.1) is 5.92 Å². The smallest absolute Gasteiger partial charge is 0.328 e. The highest BCUT2D eigenvalue weighted by Gasteiger charge is 2.39. The standard InChI is InChI=1S/C19H28N4O4/c1-3-4-8-23-15-7-9-22(12-13(15)5-6-16(23)24)17(25)10-14-11-20-19(27)21(2)18(14)26/h11,13,15H,3-10,12H2,1-2H3,(H,20,27)/t13-,15+/m1/s1. The SMILES string of the molecule is CCCCN1C(=O)CC[C@@H]2CN(C(=O)Cc3c[nH]c(=O)n(C)c3=O)CC[C@@H]21. The molecule has 2 aliphatic heterocycles. The van der Waals surface area contributed by atoms with Crippen LogP contribution in [0.3, 0.4) is 0 Å². The number of amides is 2. The first kappa shape index (κ1) is 19.4. The van der Waals surface area contributed by atoms with Crippen LogP contribution < -0.4 is 11.2 Å². The number of carbonyl (C=O) groups is 2. The van der Waals surface area contributed by atoms with Gasteiger partial charge in [-0.2, -0.15) is 0 Å². The van der Waals surface area contributed by atoms with Crippen molar-refractivity contribution in [1.29, 1.82) is 0 Å². The predicted octanol–water partition coefficient (Wildman–Crippen LogP) is 0.256. The van der Waals surface area contributed by atoms with Crippen LogP contribution in [0.4, 0.5) is 0 Å². The topological polar surface area (TPSA) is 95.5 Å². The lowest BCUT2D eigenvalue weighted by Crippen LogP contribution is -2.57. The van der Waals surface area contributed by atoms with Crippen molar-refractivity contribution in [3.8, 4) is 0 Å². The van der Waals surface area contributed by atoms with E-state index in [9.17, 15) is 19.2 Å². The van der Waals surface area contributed by atoms with E-state index in [-0.39, 0.29) is 24.3 Å². The number of hydrogen-bond acceptors (Lipinski definition) is 4. The monoisotopic (exact) mass is 376 g/mol. The molecule has 0 radical (unpaired) electrons. The fourth-order valence-electron chi connectivity index (χ4n) is 4.21. The largest absolute Gasteiger partial charge is 0.342 e. The van der Waals surface area contributed by atoms with E-state index in [4.69, 9.17) is 0 Å². The Morgan fingerprint density at radius 2 is 2.04 bits per heavy atom. The summed E-state index contributed by atoms with van der Waals surface area (Å²) in [6.07, 6.45) is 5.53. The van der Waals surface area contributed by atoms with E-state index in [1.807, 2.05) is 4.90 Å². The molecule has 3 rings (SSSR count). The van der Waals surface area contributed by atoms with Crippen LogP contribution in [-0.4, -0.2) is 56.8 Å². The molecular formula is C19H28N4O4. The molecule has 0 unspecified atom stereocenters. The first-order valence-corrected chi connectivity index (χ1v) is 9.77. The average Bonchev–Trinajstić information content (AvgIpc) is 2.67. The molecule has 8 heteroatoms. The Kier molecular flexibility index (Phi) is 5.82. The van der Waals surface area contributed by atoms with Crippen molar-refractivity contribution in [3.63, 3.8) is 0 Å². The summed E-state index contributed by atoms with van der Waals surface area (Å²) in [5.74, 6) is 0.437. The lowest BCUT2D eigenvalue weighted by Gasteiger charge is -2.47. The van der Waals surface area contributed by atoms with Crippen molar-refractivity contribution in [3.05, 3.63) is 32.6 Å². The second-order valence-corrected chi connectivity index (χ2v) is 7.60. The molecule has 0 aromatic carbocycles. The van der Waals surface area contributed by atoms with Gasteiger partial charge in [0.2, 0.25) is 11.8 Å². The third-order valence-corrected chi connectivity index (χ3v) is 5.84. The number of piperidine rings is 2. The molecule has 2 fully saturated rings. The van der Waals surface area contributed by atoms with E-state index >= 15 is 0 Å².